The fraction of sp³-hybridized carbons (Fsp3) is 0.100. The van der Waals surface area contributed by atoms with Gasteiger partial charge in [0.05, 0.1) is 0 Å². The Morgan fingerprint density at radius 2 is 2.36 bits per heavy atom. The quantitative estimate of drug-likeness (QED) is 0.680. The molecule has 0 aliphatic heterocycles. The molecule has 14 heavy (non-hydrogen) atoms. The molecular weight excluding hydrogens is 176 g/mol. The number of aromatic nitrogens is 4. The Labute approximate surface area is 81.9 Å². The van der Waals surface area contributed by atoms with E-state index in [1.807, 2.05) is 24.3 Å². The van der Waals surface area contributed by atoms with Crippen LogP contribution in [0.4, 0.5) is 0 Å². The van der Waals surface area contributed by atoms with Gasteiger partial charge in [0, 0.05) is 12.1 Å². The van der Waals surface area contributed by atoms with Gasteiger partial charge >= 0.3 is 0 Å². The van der Waals surface area contributed by atoms with Gasteiger partial charge < -0.3 is 0 Å². The molecular formula is C10H10N4. The van der Waals surface area contributed by atoms with Crippen LogP contribution in [0.1, 0.15) is 5.69 Å². The third-order valence-corrected chi connectivity index (χ3v) is 1.80. The highest BCUT2D eigenvalue weighted by Crippen LogP contribution is 2.04. The Hall–Kier alpha value is -1.97. The Morgan fingerprint density at radius 3 is 3.07 bits per heavy atom. The molecule has 2 aromatic heterocycles. The first-order valence-corrected chi connectivity index (χ1v) is 4.32. The number of hydrogen-bond donors (Lipinski definition) is 0. The van der Waals surface area contributed by atoms with Crippen molar-refractivity contribution < 1.29 is 0 Å². The molecule has 4 nitrogen and oxygen atoms in total. The summed E-state index contributed by atoms with van der Waals surface area (Å²) in [7, 11) is 0. The monoisotopic (exact) mass is 186 g/mol. The molecule has 0 aliphatic rings. The average Bonchev–Trinajstić information content (AvgIpc) is 2.71. The molecule has 2 heterocycles. The van der Waals surface area contributed by atoms with Gasteiger partial charge in [0.1, 0.15) is 12.7 Å². The maximum atomic E-state index is 4.39. The molecule has 0 saturated carbocycles. The van der Waals surface area contributed by atoms with Crippen molar-refractivity contribution in [1.29, 1.82) is 0 Å². The van der Waals surface area contributed by atoms with Crippen LogP contribution in [0.15, 0.2) is 43.5 Å². The summed E-state index contributed by atoms with van der Waals surface area (Å²) in [6.45, 7) is 3.67. The van der Waals surface area contributed by atoms with Crippen LogP contribution in [0.3, 0.4) is 0 Å². The van der Waals surface area contributed by atoms with Crippen LogP contribution in [0.5, 0.6) is 0 Å². The van der Waals surface area contributed by atoms with Crippen molar-refractivity contribution >= 4 is 0 Å². The minimum Gasteiger partial charge on any atom is -0.233 e. The van der Waals surface area contributed by atoms with Gasteiger partial charge in [-0.2, -0.15) is 5.10 Å². The summed E-state index contributed by atoms with van der Waals surface area (Å²) in [5, 5.41) is 4.00. The Bertz CT molecular complexity index is 419. The molecule has 0 radical (unpaired) electrons. The fourth-order valence-electron chi connectivity index (χ4n) is 1.18. The van der Waals surface area contributed by atoms with Crippen molar-refractivity contribution in [2.75, 3.05) is 0 Å². The minimum atomic E-state index is 0.766. The second kappa shape index (κ2) is 3.83. The summed E-state index contributed by atoms with van der Waals surface area (Å²) >= 11 is 0. The van der Waals surface area contributed by atoms with E-state index in [1.54, 1.807) is 11.0 Å². The third-order valence-electron chi connectivity index (χ3n) is 1.80. The number of hydrogen-bond acceptors (Lipinski definition) is 3. The lowest BCUT2D eigenvalue weighted by atomic mass is 10.3. The molecule has 0 spiro atoms. The van der Waals surface area contributed by atoms with Gasteiger partial charge in [-0.25, -0.2) is 14.6 Å². The summed E-state index contributed by atoms with van der Waals surface area (Å²) in [5.41, 5.74) is 0.980. The molecule has 4 heteroatoms. The molecule has 0 aliphatic carbocycles. The molecule has 2 aromatic rings. The highest BCUT2D eigenvalue weighted by molar-refractivity contribution is 5.23. The number of allylic oxidation sites excluding steroid dienone is 1. The number of nitrogens with zero attached hydrogens (tertiary/aromatic N) is 4. The summed E-state index contributed by atoms with van der Waals surface area (Å²) in [6, 6.07) is 5.80. The van der Waals surface area contributed by atoms with Gasteiger partial charge in [-0.1, -0.05) is 12.1 Å². The van der Waals surface area contributed by atoms with Crippen molar-refractivity contribution in [3.05, 3.63) is 49.2 Å². The SMILES string of the molecule is C=CCc1cccc(-n2cncn2)n1. The standard InChI is InChI=1S/C10H10N4/c1-2-4-9-5-3-6-10(13-9)14-8-11-7-12-14/h2-3,5-8H,1,4H2. The molecule has 0 amide bonds. The molecule has 70 valence electrons. The van der Waals surface area contributed by atoms with Crippen molar-refractivity contribution in [2.45, 2.75) is 6.42 Å². The Kier molecular flexibility index (Phi) is 2.36. The predicted molar refractivity (Wildman–Crippen MR) is 53.1 cm³/mol. The topological polar surface area (TPSA) is 43.6 Å². The number of pyridine rings is 1. The molecule has 0 bridgehead atoms. The van der Waals surface area contributed by atoms with Gasteiger partial charge in [-0.05, 0) is 12.1 Å². The Morgan fingerprint density at radius 1 is 1.43 bits per heavy atom. The van der Waals surface area contributed by atoms with Crippen LogP contribution in [-0.4, -0.2) is 19.7 Å². The van der Waals surface area contributed by atoms with E-state index >= 15 is 0 Å². The molecule has 0 unspecified atom stereocenters. The van der Waals surface area contributed by atoms with Crippen LogP contribution in [0.25, 0.3) is 5.82 Å². The zero-order valence-electron chi connectivity index (χ0n) is 7.67. The van der Waals surface area contributed by atoms with E-state index in [2.05, 4.69) is 21.6 Å². The first kappa shape index (κ1) is 8.62. The van der Waals surface area contributed by atoms with Gasteiger partial charge in [0.2, 0.25) is 0 Å². The van der Waals surface area contributed by atoms with Crippen LogP contribution >= 0.6 is 0 Å². The maximum Gasteiger partial charge on any atom is 0.155 e. The van der Waals surface area contributed by atoms with Crippen LogP contribution < -0.4 is 0 Å². The summed E-state index contributed by atoms with van der Waals surface area (Å²) < 4.78 is 1.63. The largest absolute Gasteiger partial charge is 0.233 e. The number of rotatable bonds is 3. The van der Waals surface area contributed by atoms with Gasteiger partial charge in [-0.3, -0.25) is 0 Å². The molecule has 0 aromatic carbocycles. The van der Waals surface area contributed by atoms with E-state index in [4.69, 9.17) is 0 Å². The first-order valence-electron chi connectivity index (χ1n) is 4.32. The highest BCUT2D eigenvalue weighted by atomic mass is 15.3. The van der Waals surface area contributed by atoms with E-state index in [1.165, 1.54) is 6.33 Å². The smallest absolute Gasteiger partial charge is 0.155 e. The zero-order valence-corrected chi connectivity index (χ0v) is 7.67. The second-order valence-electron chi connectivity index (χ2n) is 2.82. The van der Waals surface area contributed by atoms with Crippen LogP contribution in [-0.2, 0) is 6.42 Å². The summed E-state index contributed by atoms with van der Waals surface area (Å²) in [6.07, 6.45) is 5.71. The van der Waals surface area contributed by atoms with Crippen molar-refractivity contribution in [1.82, 2.24) is 19.7 Å². The van der Waals surface area contributed by atoms with E-state index in [0.717, 1.165) is 17.9 Å². The lowest BCUT2D eigenvalue weighted by molar-refractivity contribution is 0.835. The molecule has 2 rings (SSSR count). The van der Waals surface area contributed by atoms with E-state index in [9.17, 15) is 0 Å². The Balaban J connectivity index is 2.35. The van der Waals surface area contributed by atoms with Crippen LogP contribution in [0, 0.1) is 0 Å². The van der Waals surface area contributed by atoms with Crippen LogP contribution in [0.2, 0.25) is 0 Å². The lowest BCUT2D eigenvalue weighted by Crippen LogP contribution is -1.99. The fourth-order valence-corrected chi connectivity index (χ4v) is 1.18. The van der Waals surface area contributed by atoms with E-state index in [-0.39, 0.29) is 0 Å². The van der Waals surface area contributed by atoms with Gasteiger partial charge in [0.25, 0.3) is 0 Å². The maximum absolute atomic E-state index is 4.39. The van der Waals surface area contributed by atoms with Crippen molar-refractivity contribution in [3.63, 3.8) is 0 Å². The first-order chi connectivity index (χ1) is 6.90. The average molecular weight is 186 g/mol. The minimum absolute atomic E-state index is 0.766. The lowest BCUT2D eigenvalue weighted by Gasteiger charge is -2.01. The van der Waals surface area contributed by atoms with Crippen molar-refractivity contribution in [2.24, 2.45) is 0 Å². The normalized spacial score (nSPS) is 10.0. The van der Waals surface area contributed by atoms with Gasteiger partial charge in [0.15, 0.2) is 5.82 Å². The predicted octanol–water partition coefficient (Wildman–Crippen LogP) is 1.39. The third kappa shape index (κ3) is 1.69. The molecule has 0 fully saturated rings. The summed E-state index contributed by atoms with van der Waals surface area (Å²) in [5.74, 6) is 0.779. The molecule has 0 atom stereocenters. The van der Waals surface area contributed by atoms with E-state index < -0.39 is 0 Å². The highest BCUT2D eigenvalue weighted by Gasteiger charge is 1.98. The van der Waals surface area contributed by atoms with E-state index in [0.29, 0.717) is 0 Å². The zero-order chi connectivity index (χ0) is 9.80. The molecule has 0 saturated heterocycles. The summed E-state index contributed by atoms with van der Waals surface area (Å²) in [4.78, 5) is 8.26. The molecule has 0 N–H and O–H groups in total. The second-order valence-corrected chi connectivity index (χ2v) is 2.82. The van der Waals surface area contributed by atoms with Gasteiger partial charge in [-0.15, -0.1) is 6.58 Å². The van der Waals surface area contributed by atoms with Crippen molar-refractivity contribution in [3.8, 4) is 5.82 Å².